The molecular weight excluding hydrogens is 257 g/mol. The van der Waals surface area contributed by atoms with Gasteiger partial charge in [0.25, 0.3) is 0 Å². The number of aromatic nitrogens is 1. The monoisotopic (exact) mass is 275 g/mol. The highest BCUT2D eigenvalue weighted by Crippen LogP contribution is 2.19. The van der Waals surface area contributed by atoms with Crippen LogP contribution in [0.4, 0.5) is 4.39 Å². The number of benzene rings is 1. The van der Waals surface area contributed by atoms with E-state index in [0.717, 1.165) is 50.4 Å². The third kappa shape index (κ3) is 3.23. The normalized spacial score (nSPS) is 17.1. The lowest BCUT2D eigenvalue weighted by Crippen LogP contribution is -2.27. The Bertz CT molecular complexity index is 545. The summed E-state index contributed by atoms with van der Waals surface area (Å²) in [6.45, 7) is 5.00. The van der Waals surface area contributed by atoms with Crippen molar-refractivity contribution in [1.82, 2.24) is 15.2 Å². The molecule has 1 saturated heterocycles. The van der Waals surface area contributed by atoms with Crippen LogP contribution in [0.2, 0.25) is 0 Å². The quantitative estimate of drug-likeness (QED) is 0.933. The molecule has 1 N–H and O–H groups in total. The van der Waals surface area contributed by atoms with Gasteiger partial charge in [0.05, 0.1) is 5.69 Å². The van der Waals surface area contributed by atoms with Gasteiger partial charge in [-0.05, 0) is 43.8 Å². The fourth-order valence-corrected chi connectivity index (χ4v) is 2.39. The maximum atomic E-state index is 12.9. The Hall–Kier alpha value is -1.72. The van der Waals surface area contributed by atoms with Crippen LogP contribution in [-0.2, 0) is 6.54 Å². The molecule has 5 heteroatoms. The highest BCUT2D eigenvalue weighted by molar-refractivity contribution is 5.52. The summed E-state index contributed by atoms with van der Waals surface area (Å²) in [5.74, 6) is 0.297. The molecule has 1 fully saturated rings. The van der Waals surface area contributed by atoms with Crippen LogP contribution >= 0.6 is 0 Å². The van der Waals surface area contributed by atoms with Crippen molar-refractivity contribution in [3.05, 3.63) is 42.0 Å². The van der Waals surface area contributed by atoms with Gasteiger partial charge < -0.3 is 9.73 Å². The maximum absolute atomic E-state index is 12.9. The van der Waals surface area contributed by atoms with Crippen molar-refractivity contribution in [2.24, 2.45) is 0 Å². The zero-order valence-corrected chi connectivity index (χ0v) is 11.3. The first-order chi connectivity index (χ1) is 9.81. The van der Waals surface area contributed by atoms with Crippen LogP contribution in [0, 0.1) is 5.82 Å². The lowest BCUT2D eigenvalue weighted by atomic mass is 10.2. The van der Waals surface area contributed by atoms with Crippen LogP contribution in [-0.4, -0.2) is 36.1 Å². The highest BCUT2D eigenvalue weighted by atomic mass is 19.1. The second-order valence-electron chi connectivity index (χ2n) is 5.03. The summed E-state index contributed by atoms with van der Waals surface area (Å²) < 4.78 is 18.4. The Morgan fingerprint density at radius 3 is 2.90 bits per heavy atom. The molecule has 1 aliphatic rings. The average Bonchev–Trinajstić information content (AvgIpc) is 2.76. The Balaban J connectivity index is 1.68. The van der Waals surface area contributed by atoms with Gasteiger partial charge in [-0.1, -0.05) is 0 Å². The lowest BCUT2D eigenvalue weighted by Gasteiger charge is -2.17. The minimum atomic E-state index is -0.252. The van der Waals surface area contributed by atoms with Crippen LogP contribution in [0.3, 0.4) is 0 Å². The lowest BCUT2D eigenvalue weighted by molar-refractivity contribution is 0.281. The van der Waals surface area contributed by atoms with Crippen molar-refractivity contribution in [2.45, 2.75) is 13.0 Å². The van der Waals surface area contributed by atoms with Gasteiger partial charge in [-0.15, -0.1) is 0 Å². The second-order valence-corrected chi connectivity index (χ2v) is 5.03. The van der Waals surface area contributed by atoms with E-state index in [1.165, 1.54) is 12.1 Å². The molecule has 0 saturated carbocycles. The van der Waals surface area contributed by atoms with E-state index < -0.39 is 0 Å². The highest BCUT2D eigenvalue weighted by Gasteiger charge is 2.12. The number of hydrogen-bond acceptors (Lipinski definition) is 4. The number of rotatable bonds is 3. The van der Waals surface area contributed by atoms with Crippen LogP contribution in [0.5, 0.6) is 0 Å². The SMILES string of the molecule is Fc1ccc(-c2nc(CN3CCCNCC3)co2)cc1. The summed E-state index contributed by atoms with van der Waals surface area (Å²) in [6.07, 6.45) is 2.85. The molecule has 1 aromatic carbocycles. The minimum Gasteiger partial charge on any atom is -0.444 e. The molecule has 0 radical (unpaired) electrons. The predicted molar refractivity (Wildman–Crippen MR) is 74.7 cm³/mol. The van der Waals surface area contributed by atoms with Gasteiger partial charge in [-0.3, -0.25) is 4.90 Å². The van der Waals surface area contributed by atoms with E-state index in [0.29, 0.717) is 5.89 Å². The first-order valence-corrected chi connectivity index (χ1v) is 6.95. The molecule has 106 valence electrons. The van der Waals surface area contributed by atoms with Gasteiger partial charge in [0, 0.05) is 25.2 Å². The molecule has 2 aromatic rings. The van der Waals surface area contributed by atoms with Gasteiger partial charge in [-0.2, -0.15) is 0 Å². The Kier molecular flexibility index (Phi) is 4.08. The van der Waals surface area contributed by atoms with E-state index in [2.05, 4.69) is 15.2 Å². The van der Waals surface area contributed by atoms with Crippen molar-refractivity contribution in [1.29, 1.82) is 0 Å². The Morgan fingerprint density at radius 1 is 1.20 bits per heavy atom. The fraction of sp³-hybridized carbons (Fsp3) is 0.400. The number of nitrogens with one attached hydrogen (secondary N) is 1. The first kappa shape index (κ1) is 13.3. The van der Waals surface area contributed by atoms with Gasteiger partial charge in [0.15, 0.2) is 0 Å². The summed E-state index contributed by atoms with van der Waals surface area (Å²) in [4.78, 5) is 6.85. The zero-order valence-electron chi connectivity index (χ0n) is 11.3. The van der Waals surface area contributed by atoms with Crippen LogP contribution in [0.15, 0.2) is 34.9 Å². The van der Waals surface area contributed by atoms with Crippen LogP contribution < -0.4 is 5.32 Å². The second kappa shape index (κ2) is 6.15. The number of hydrogen-bond donors (Lipinski definition) is 1. The van der Waals surface area contributed by atoms with Gasteiger partial charge in [0.2, 0.25) is 5.89 Å². The molecule has 0 aliphatic carbocycles. The zero-order chi connectivity index (χ0) is 13.8. The summed E-state index contributed by atoms with van der Waals surface area (Å²) in [6, 6.07) is 6.20. The fourth-order valence-electron chi connectivity index (χ4n) is 2.39. The summed E-state index contributed by atoms with van der Waals surface area (Å²) in [7, 11) is 0. The topological polar surface area (TPSA) is 41.3 Å². The molecule has 0 spiro atoms. The number of oxazole rings is 1. The smallest absolute Gasteiger partial charge is 0.226 e. The summed E-state index contributed by atoms with van der Waals surface area (Å²) >= 11 is 0. The van der Waals surface area contributed by atoms with Crippen LogP contribution in [0.1, 0.15) is 12.1 Å². The Labute approximate surface area is 117 Å². The molecule has 0 bridgehead atoms. The minimum absolute atomic E-state index is 0.252. The van der Waals surface area contributed by atoms with E-state index in [1.807, 2.05) is 0 Å². The number of nitrogens with zero attached hydrogens (tertiary/aromatic N) is 2. The average molecular weight is 275 g/mol. The molecule has 0 amide bonds. The van der Waals surface area contributed by atoms with E-state index in [4.69, 9.17) is 4.42 Å². The largest absolute Gasteiger partial charge is 0.444 e. The summed E-state index contributed by atoms with van der Waals surface area (Å²) in [5, 5.41) is 3.38. The number of halogens is 1. The van der Waals surface area contributed by atoms with Crippen molar-refractivity contribution < 1.29 is 8.81 Å². The first-order valence-electron chi connectivity index (χ1n) is 6.95. The molecule has 1 aliphatic heterocycles. The van der Waals surface area contributed by atoms with Crippen molar-refractivity contribution >= 4 is 0 Å². The molecule has 1 aromatic heterocycles. The third-order valence-electron chi connectivity index (χ3n) is 3.46. The molecule has 0 atom stereocenters. The van der Waals surface area contributed by atoms with E-state index in [1.54, 1.807) is 18.4 Å². The molecule has 2 heterocycles. The van der Waals surface area contributed by atoms with Crippen molar-refractivity contribution in [3.8, 4) is 11.5 Å². The van der Waals surface area contributed by atoms with Gasteiger partial charge in [-0.25, -0.2) is 9.37 Å². The maximum Gasteiger partial charge on any atom is 0.226 e. The van der Waals surface area contributed by atoms with Crippen LogP contribution in [0.25, 0.3) is 11.5 Å². The van der Waals surface area contributed by atoms with E-state index >= 15 is 0 Å². The van der Waals surface area contributed by atoms with Crippen molar-refractivity contribution in [2.75, 3.05) is 26.2 Å². The molecule has 0 unspecified atom stereocenters. The predicted octanol–water partition coefficient (Wildman–Crippen LogP) is 2.28. The third-order valence-corrected chi connectivity index (χ3v) is 3.46. The standard InChI is InChI=1S/C15H18FN3O/c16-13-4-2-12(3-5-13)15-18-14(11-20-15)10-19-8-1-6-17-7-9-19/h2-5,11,17H,1,6-10H2. The molecule has 4 nitrogen and oxygen atoms in total. The van der Waals surface area contributed by atoms with Gasteiger partial charge in [0.1, 0.15) is 12.1 Å². The van der Waals surface area contributed by atoms with Gasteiger partial charge >= 0.3 is 0 Å². The summed E-state index contributed by atoms with van der Waals surface area (Å²) in [5.41, 5.74) is 1.72. The molecular formula is C15H18FN3O. The van der Waals surface area contributed by atoms with Crippen molar-refractivity contribution in [3.63, 3.8) is 0 Å². The molecule has 3 rings (SSSR count). The molecule has 20 heavy (non-hydrogen) atoms. The Morgan fingerprint density at radius 2 is 2.05 bits per heavy atom. The van der Waals surface area contributed by atoms with E-state index in [9.17, 15) is 4.39 Å². The van der Waals surface area contributed by atoms with E-state index in [-0.39, 0.29) is 5.82 Å².